The Morgan fingerprint density at radius 3 is 0.597 bits per heavy atom. The third-order valence-electron chi connectivity index (χ3n) is 10.7. The van der Waals surface area contributed by atoms with Crippen molar-refractivity contribution in [2.45, 2.75) is 0 Å². The topological polar surface area (TPSA) is 149 Å². The van der Waals surface area contributed by atoms with Crippen molar-refractivity contribution < 1.29 is 39.6 Å². The van der Waals surface area contributed by atoms with Crippen LogP contribution in [0.15, 0.2) is 194 Å². The molecule has 0 amide bonds. The molecule has 0 spiro atoms. The summed E-state index contributed by atoms with van der Waals surface area (Å²) in [5.41, 5.74) is 12.2. The second-order valence-electron chi connectivity index (χ2n) is 14.6. The molecule has 8 aromatic carbocycles. The molecule has 0 aromatic heterocycles. The fourth-order valence-corrected chi connectivity index (χ4v) is 7.56. The lowest BCUT2D eigenvalue weighted by Crippen LogP contribution is -1.99. The maximum absolute atomic E-state index is 11.8. The molecule has 0 saturated heterocycles. The number of benzene rings is 8. The predicted molar refractivity (Wildman–Crippen MR) is 240 cm³/mol. The smallest absolute Gasteiger partial charge is 0.335 e. The molecule has 0 aliphatic carbocycles. The molecular formula is C54H36O8. The highest BCUT2D eigenvalue weighted by molar-refractivity contribution is 6.05. The average Bonchev–Trinajstić information content (AvgIpc) is 3.31. The summed E-state index contributed by atoms with van der Waals surface area (Å²) in [5, 5.41) is 38.6. The third-order valence-corrected chi connectivity index (χ3v) is 10.7. The van der Waals surface area contributed by atoms with Gasteiger partial charge in [-0.25, -0.2) is 19.2 Å². The van der Waals surface area contributed by atoms with Gasteiger partial charge in [-0.3, -0.25) is 0 Å². The fourth-order valence-electron chi connectivity index (χ4n) is 7.56. The summed E-state index contributed by atoms with van der Waals surface area (Å²) >= 11 is 0. The minimum atomic E-state index is -1.02. The van der Waals surface area contributed by atoms with Crippen LogP contribution < -0.4 is 0 Å². The molecule has 0 radical (unpaired) electrons. The van der Waals surface area contributed by atoms with E-state index in [1.807, 2.05) is 121 Å². The van der Waals surface area contributed by atoms with Gasteiger partial charge in [0.1, 0.15) is 0 Å². The molecule has 0 heterocycles. The van der Waals surface area contributed by atoms with E-state index in [1.54, 1.807) is 72.8 Å². The minimum Gasteiger partial charge on any atom is -0.478 e. The molecule has 300 valence electrons. The van der Waals surface area contributed by atoms with Gasteiger partial charge in [0.25, 0.3) is 0 Å². The van der Waals surface area contributed by atoms with Crippen LogP contribution in [0.5, 0.6) is 0 Å². The van der Waals surface area contributed by atoms with E-state index in [-0.39, 0.29) is 22.3 Å². The van der Waals surface area contributed by atoms with Crippen LogP contribution in [-0.2, 0) is 0 Å². The first kappa shape index (κ1) is 40.2. The van der Waals surface area contributed by atoms with Gasteiger partial charge in [0.2, 0.25) is 0 Å². The molecule has 8 aromatic rings. The van der Waals surface area contributed by atoms with Crippen LogP contribution in [0.25, 0.3) is 55.7 Å². The number of aromatic carboxylic acids is 4. The molecule has 4 N–H and O–H groups in total. The van der Waals surface area contributed by atoms with E-state index in [1.165, 1.54) is 0 Å². The van der Waals surface area contributed by atoms with Crippen molar-refractivity contribution in [3.8, 4) is 44.5 Å². The van der Waals surface area contributed by atoms with Gasteiger partial charge in [0.05, 0.1) is 22.3 Å². The first-order valence-corrected chi connectivity index (χ1v) is 19.5. The van der Waals surface area contributed by atoms with E-state index in [0.717, 1.165) is 77.9 Å². The summed E-state index contributed by atoms with van der Waals surface area (Å²) < 4.78 is 0. The highest BCUT2D eigenvalue weighted by atomic mass is 16.4. The first-order valence-electron chi connectivity index (χ1n) is 19.5. The lowest BCUT2D eigenvalue weighted by Gasteiger charge is -2.20. The highest BCUT2D eigenvalue weighted by Crippen LogP contribution is 2.40. The standard InChI is InChI=1S/C54H36O8/c55-51(56)45-9-1-5-41(29-45)33-13-21-37(22-14-33)49(38-23-15-34(16-24-38)42-6-2-10-46(30-42)52(57)58)50(39-25-17-35(18-26-39)43-7-3-11-47(31-43)53(59)60)40-27-19-36(20-28-40)44-8-4-12-48(32-44)54(61)62/h1-32H,(H,55,56)(H,57,58)(H,59,60)(H,61,62). The maximum Gasteiger partial charge on any atom is 0.335 e. The van der Waals surface area contributed by atoms with E-state index in [9.17, 15) is 39.6 Å². The predicted octanol–water partition coefficient (Wildman–Crippen LogP) is 12.2. The molecule has 0 aliphatic heterocycles. The van der Waals surface area contributed by atoms with Crippen LogP contribution in [0.1, 0.15) is 63.7 Å². The molecule has 0 bridgehead atoms. The molecule has 0 aliphatic rings. The highest BCUT2D eigenvalue weighted by Gasteiger charge is 2.19. The van der Waals surface area contributed by atoms with Gasteiger partial charge in [0.15, 0.2) is 0 Å². The van der Waals surface area contributed by atoms with Crippen LogP contribution in [-0.4, -0.2) is 44.3 Å². The Balaban J connectivity index is 1.33. The maximum atomic E-state index is 11.8. The lowest BCUT2D eigenvalue weighted by atomic mass is 9.84. The van der Waals surface area contributed by atoms with Gasteiger partial charge in [-0.05, 0) is 126 Å². The van der Waals surface area contributed by atoms with Gasteiger partial charge in [-0.1, -0.05) is 146 Å². The molecule has 8 rings (SSSR count). The Morgan fingerprint density at radius 2 is 0.419 bits per heavy atom. The van der Waals surface area contributed by atoms with Crippen molar-refractivity contribution >= 4 is 35.0 Å². The van der Waals surface area contributed by atoms with E-state index in [0.29, 0.717) is 0 Å². The van der Waals surface area contributed by atoms with Gasteiger partial charge in [0, 0.05) is 0 Å². The summed E-state index contributed by atoms with van der Waals surface area (Å²) in [6.45, 7) is 0. The summed E-state index contributed by atoms with van der Waals surface area (Å²) in [6.07, 6.45) is 0. The third kappa shape index (κ3) is 8.57. The second kappa shape index (κ2) is 17.3. The number of carboxylic acids is 4. The van der Waals surface area contributed by atoms with E-state index in [4.69, 9.17) is 0 Å². The van der Waals surface area contributed by atoms with Crippen LogP contribution in [0.3, 0.4) is 0 Å². The first-order chi connectivity index (χ1) is 30.0. The molecule has 62 heavy (non-hydrogen) atoms. The number of carbonyl (C=O) groups is 4. The number of rotatable bonds is 12. The number of carboxylic acid groups (broad SMARTS) is 4. The monoisotopic (exact) mass is 812 g/mol. The summed E-state index contributed by atoms with van der Waals surface area (Å²) in [6, 6.07) is 58.7. The molecular weight excluding hydrogens is 777 g/mol. The second-order valence-corrected chi connectivity index (χ2v) is 14.6. The molecule has 8 heteroatoms. The normalized spacial score (nSPS) is 10.8. The largest absolute Gasteiger partial charge is 0.478 e. The Kier molecular flexibility index (Phi) is 11.2. The van der Waals surface area contributed by atoms with Crippen molar-refractivity contribution in [2.24, 2.45) is 0 Å². The average molecular weight is 813 g/mol. The quantitative estimate of drug-likeness (QED) is 0.0891. The Labute approximate surface area is 356 Å². The van der Waals surface area contributed by atoms with Crippen LogP contribution in [0, 0.1) is 0 Å². The van der Waals surface area contributed by atoms with Crippen LogP contribution in [0.2, 0.25) is 0 Å². The molecule has 0 saturated carbocycles. The Hall–Kier alpha value is -8.62. The summed E-state index contributed by atoms with van der Waals surface area (Å²) in [7, 11) is 0. The summed E-state index contributed by atoms with van der Waals surface area (Å²) in [4.78, 5) is 47.2. The SMILES string of the molecule is O=C(O)c1cccc(-c2ccc(C(=C(c3ccc(-c4cccc(C(=O)O)c4)cc3)c3ccc(-c4cccc(C(=O)O)c4)cc3)c3ccc(-c4cccc(C(=O)O)c4)cc3)cc2)c1. The Morgan fingerprint density at radius 1 is 0.226 bits per heavy atom. The lowest BCUT2D eigenvalue weighted by molar-refractivity contribution is 0.0686. The van der Waals surface area contributed by atoms with Crippen molar-refractivity contribution in [3.63, 3.8) is 0 Å². The van der Waals surface area contributed by atoms with Crippen molar-refractivity contribution in [1.82, 2.24) is 0 Å². The Bertz CT molecular complexity index is 2620. The van der Waals surface area contributed by atoms with Crippen molar-refractivity contribution in [3.05, 3.63) is 239 Å². The molecule has 0 unspecified atom stereocenters. The van der Waals surface area contributed by atoms with Gasteiger partial charge >= 0.3 is 23.9 Å². The number of hydrogen-bond acceptors (Lipinski definition) is 4. The van der Waals surface area contributed by atoms with Gasteiger partial charge in [-0.15, -0.1) is 0 Å². The number of hydrogen-bond donors (Lipinski definition) is 4. The van der Waals surface area contributed by atoms with E-state index < -0.39 is 23.9 Å². The minimum absolute atomic E-state index is 0.180. The van der Waals surface area contributed by atoms with E-state index >= 15 is 0 Å². The zero-order valence-electron chi connectivity index (χ0n) is 32.9. The fraction of sp³-hybridized carbons (Fsp3) is 0. The van der Waals surface area contributed by atoms with Crippen LogP contribution in [0.4, 0.5) is 0 Å². The van der Waals surface area contributed by atoms with Gasteiger partial charge in [-0.2, -0.15) is 0 Å². The van der Waals surface area contributed by atoms with Crippen molar-refractivity contribution in [2.75, 3.05) is 0 Å². The summed E-state index contributed by atoms with van der Waals surface area (Å²) in [5.74, 6) is -4.06. The van der Waals surface area contributed by atoms with Gasteiger partial charge < -0.3 is 20.4 Å². The molecule has 0 atom stereocenters. The van der Waals surface area contributed by atoms with Crippen molar-refractivity contribution in [1.29, 1.82) is 0 Å². The van der Waals surface area contributed by atoms with Crippen LogP contribution >= 0.6 is 0 Å². The van der Waals surface area contributed by atoms with E-state index in [2.05, 4.69) is 0 Å². The molecule has 0 fully saturated rings. The zero-order valence-corrected chi connectivity index (χ0v) is 32.9. The zero-order chi connectivity index (χ0) is 43.3. The molecule has 8 nitrogen and oxygen atoms in total.